The molecule has 1 saturated carbocycles. The second-order valence-corrected chi connectivity index (χ2v) is 7.34. The summed E-state index contributed by atoms with van der Waals surface area (Å²) in [4.78, 5) is 28.1. The third kappa shape index (κ3) is 3.58. The Balaban J connectivity index is 2.01. The second kappa shape index (κ2) is 8.03. The third-order valence-electron chi connectivity index (χ3n) is 5.90. The van der Waals surface area contributed by atoms with Gasteiger partial charge in [-0.25, -0.2) is 0 Å². The summed E-state index contributed by atoms with van der Waals surface area (Å²) in [7, 11) is 1.39. The van der Waals surface area contributed by atoms with E-state index >= 15 is 0 Å². The van der Waals surface area contributed by atoms with Crippen molar-refractivity contribution >= 4 is 11.9 Å². The molecule has 0 bridgehead atoms. The largest absolute Gasteiger partial charge is 0.468 e. The van der Waals surface area contributed by atoms with Crippen LogP contribution in [0.3, 0.4) is 0 Å². The molecule has 2 aliphatic rings. The Morgan fingerprint density at radius 3 is 2.36 bits per heavy atom. The molecule has 1 amide bonds. The van der Waals surface area contributed by atoms with Gasteiger partial charge in [-0.15, -0.1) is 0 Å². The van der Waals surface area contributed by atoms with Crippen LogP contribution in [0.15, 0.2) is 24.3 Å². The molecule has 1 atom stereocenters. The molecule has 0 N–H and O–H groups in total. The van der Waals surface area contributed by atoms with Crippen molar-refractivity contribution in [3.8, 4) is 0 Å². The van der Waals surface area contributed by atoms with Crippen LogP contribution < -0.4 is 0 Å². The Morgan fingerprint density at radius 2 is 1.76 bits per heavy atom. The van der Waals surface area contributed by atoms with Crippen molar-refractivity contribution in [1.29, 1.82) is 0 Å². The summed E-state index contributed by atoms with van der Waals surface area (Å²) in [6.07, 6.45) is 8.09. The molecule has 1 saturated heterocycles. The van der Waals surface area contributed by atoms with Crippen molar-refractivity contribution in [3.63, 3.8) is 0 Å². The van der Waals surface area contributed by atoms with Gasteiger partial charge in [0.2, 0.25) is 5.91 Å². The first-order valence-corrected chi connectivity index (χ1v) is 9.53. The zero-order valence-corrected chi connectivity index (χ0v) is 15.1. The molecule has 135 valence electrons. The lowest BCUT2D eigenvalue weighted by molar-refractivity contribution is -0.158. The van der Waals surface area contributed by atoms with Gasteiger partial charge >= 0.3 is 5.97 Å². The summed E-state index contributed by atoms with van der Waals surface area (Å²) in [5, 5.41) is 0. The van der Waals surface area contributed by atoms with Crippen molar-refractivity contribution in [2.75, 3.05) is 20.2 Å². The highest BCUT2D eigenvalue weighted by molar-refractivity contribution is 5.99. The number of esters is 1. The van der Waals surface area contributed by atoms with Crippen LogP contribution in [0.25, 0.3) is 0 Å². The minimum absolute atomic E-state index is 0.0503. The van der Waals surface area contributed by atoms with Crippen LogP contribution in [-0.2, 0) is 19.7 Å². The molecular weight excluding hydrogens is 314 g/mol. The highest BCUT2D eigenvalue weighted by atomic mass is 16.5. The SMILES string of the molecule is COC(=O)C(C(=O)N1CCCCC1)C1(c2[c]cccc2)CCCCC1. The van der Waals surface area contributed by atoms with Gasteiger partial charge in [0.15, 0.2) is 0 Å². The third-order valence-corrected chi connectivity index (χ3v) is 5.90. The van der Waals surface area contributed by atoms with Crippen LogP contribution in [0.4, 0.5) is 0 Å². The van der Waals surface area contributed by atoms with Crippen molar-refractivity contribution < 1.29 is 14.3 Å². The normalized spacial score (nSPS) is 21.4. The number of carbonyl (C=O) groups is 2. The molecule has 1 aliphatic heterocycles. The Kier molecular flexibility index (Phi) is 5.77. The maximum atomic E-state index is 13.4. The van der Waals surface area contributed by atoms with Gasteiger partial charge in [0.25, 0.3) is 0 Å². The van der Waals surface area contributed by atoms with E-state index in [0.717, 1.165) is 70.0 Å². The van der Waals surface area contributed by atoms with E-state index in [0.29, 0.717) is 0 Å². The van der Waals surface area contributed by atoms with E-state index in [1.807, 2.05) is 29.2 Å². The summed E-state index contributed by atoms with van der Waals surface area (Å²) in [6, 6.07) is 11.1. The number of carbonyl (C=O) groups excluding carboxylic acids is 2. The number of hydrogen-bond acceptors (Lipinski definition) is 3. The number of ether oxygens (including phenoxy) is 1. The van der Waals surface area contributed by atoms with E-state index in [2.05, 4.69) is 6.07 Å². The zero-order valence-electron chi connectivity index (χ0n) is 15.1. The smallest absolute Gasteiger partial charge is 0.319 e. The molecule has 1 heterocycles. The van der Waals surface area contributed by atoms with Crippen LogP contribution in [0.2, 0.25) is 0 Å². The quantitative estimate of drug-likeness (QED) is 0.621. The number of amides is 1. The van der Waals surface area contributed by atoms with E-state index in [1.165, 1.54) is 7.11 Å². The van der Waals surface area contributed by atoms with Gasteiger partial charge in [-0.2, -0.15) is 0 Å². The molecule has 3 rings (SSSR count). The minimum Gasteiger partial charge on any atom is -0.468 e. The van der Waals surface area contributed by atoms with Crippen LogP contribution >= 0.6 is 0 Å². The molecule has 1 unspecified atom stereocenters. The van der Waals surface area contributed by atoms with Crippen LogP contribution in [0.1, 0.15) is 56.9 Å². The molecular formula is C21H28NO3. The van der Waals surface area contributed by atoms with Crippen molar-refractivity contribution in [3.05, 3.63) is 35.9 Å². The Hall–Kier alpha value is -1.84. The molecule has 1 aromatic carbocycles. The van der Waals surface area contributed by atoms with Gasteiger partial charge in [-0.3, -0.25) is 9.59 Å². The predicted octanol–water partition coefficient (Wildman–Crippen LogP) is 3.49. The maximum absolute atomic E-state index is 13.4. The maximum Gasteiger partial charge on any atom is 0.319 e. The fourth-order valence-corrected chi connectivity index (χ4v) is 4.58. The highest BCUT2D eigenvalue weighted by Crippen LogP contribution is 2.46. The summed E-state index contributed by atoms with van der Waals surface area (Å²) in [5.74, 6) is -1.20. The van der Waals surface area contributed by atoms with Gasteiger partial charge < -0.3 is 9.64 Å². The first-order chi connectivity index (χ1) is 12.2. The second-order valence-electron chi connectivity index (χ2n) is 7.34. The average Bonchev–Trinajstić information content (AvgIpc) is 2.70. The van der Waals surface area contributed by atoms with E-state index in [1.54, 1.807) is 0 Å². The van der Waals surface area contributed by atoms with Gasteiger partial charge in [0.1, 0.15) is 5.92 Å². The highest BCUT2D eigenvalue weighted by Gasteiger charge is 2.51. The van der Waals surface area contributed by atoms with Gasteiger partial charge in [-0.05, 0) is 43.7 Å². The fraction of sp³-hybridized carbons (Fsp3) is 0.619. The molecule has 4 heteroatoms. The van der Waals surface area contributed by atoms with Crippen LogP contribution in [-0.4, -0.2) is 37.0 Å². The number of piperidine rings is 1. The lowest BCUT2D eigenvalue weighted by atomic mass is 9.61. The molecule has 2 fully saturated rings. The molecule has 4 nitrogen and oxygen atoms in total. The Bertz CT molecular complexity index is 586. The molecule has 25 heavy (non-hydrogen) atoms. The predicted molar refractivity (Wildman–Crippen MR) is 96.0 cm³/mol. The molecule has 0 spiro atoms. The number of hydrogen-bond donors (Lipinski definition) is 0. The fourth-order valence-electron chi connectivity index (χ4n) is 4.58. The standard InChI is InChI=1S/C21H28NO3/c1-25-20(24)18(19(23)22-15-9-4-10-16-22)21(13-7-3-8-14-21)17-11-5-2-6-12-17/h2,5-6,11,18H,3-4,7-10,13-16H2,1H3. The first-order valence-electron chi connectivity index (χ1n) is 9.53. The van der Waals surface area contributed by atoms with Gasteiger partial charge in [0, 0.05) is 18.5 Å². The molecule has 0 aromatic heterocycles. The van der Waals surface area contributed by atoms with Crippen molar-refractivity contribution in [1.82, 2.24) is 4.90 Å². The minimum atomic E-state index is -0.755. The monoisotopic (exact) mass is 342 g/mol. The number of rotatable bonds is 4. The summed E-state index contributed by atoms with van der Waals surface area (Å²) >= 11 is 0. The lowest BCUT2D eigenvalue weighted by Gasteiger charge is -2.43. The van der Waals surface area contributed by atoms with Crippen LogP contribution in [0, 0.1) is 12.0 Å². The number of methoxy groups -OCH3 is 1. The number of nitrogens with zero attached hydrogens (tertiary/aromatic N) is 1. The topological polar surface area (TPSA) is 46.6 Å². The van der Waals surface area contributed by atoms with E-state index < -0.39 is 17.3 Å². The number of likely N-dealkylation sites (tertiary alicyclic amines) is 1. The van der Waals surface area contributed by atoms with E-state index in [4.69, 9.17) is 4.74 Å². The average molecular weight is 342 g/mol. The van der Waals surface area contributed by atoms with E-state index in [9.17, 15) is 9.59 Å². The zero-order chi connectivity index (χ0) is 17.7. The van der Waals surface area contributed by atoms with Crippen molar-refractivity contribution in [2.45, 2.75) is 56.8 Å². The first kappa shape index (κ1) is 18.0. The summed E-state index contributed by atoms with van der Waals surface area (Å²) in [5.41, 5.74) is 0.497. The molecule has 1 aromatic rings. The molecule has 1 aliphatic carbocycles. The van der Waals surface area contributed by atoms with E-state index in [-0.39, 0.29) is 5.91 Å². The Morgan fingerprint density at radius 1 is 1.08 bits per heavy atom. The summed E-state index contributed by atoms with van der Waals surface area (Å²) in [6.45, 7) is 1.50. The van der Waals surface area contributed by atoms with Crippen molar-refractivity contribution in [2.24, 2.45) is 5.92 Å². The lowest BCUT2D eigenvalue weighted by Crippen LogP contribution is -2.52. The Labute approximate surface area is 150 Å². The number of benzene rings is 1. The summed E-state index contributed by atoms with van der Waals surface area (Å²) < 4.78 is 5.12. The van der Waals surface area contributed by atoms with Gasteiger partial charge in [-0.1, -0.05) is 43.5 Å². The van der Waals surface area contributed by atoms with Gasteiger partial charge in [0.05, 0.1) is 7.11 Å². The molecule has 1 radical (unpaired) electrons. The van der Waals surface area contributed by atoms with Crippen LogP contribution in [0.5, 0.6) is 0 Å².